The lowest BCUT2D eigenvalue weighted by atomic mass is 9.96. The van der Waals surface area contributed by atoms with Crippen molar-refractivity contribution >= 4 is 5.69 Å². The van der Waals surface area contributed by atoms with Crippen LogP contribution in [0.5, 0.6) is 0 Å². The average molecular weight is 208 g/mol. The third-order valence-corrected chi connectivity index (χ3v) is 3.10. The van der Waals surface area contributed by atoms with Crippen LogP contribution in [-0.4, -0.2) is 20.1 Å². The maximum Gasteiger partial charge on any atom is 0.128 e. The van der Waals surface area contributed by atoms with Gasteiger partial charge in [-0.2, -0.15) is 0 Å². The second kappa shape index (κ2) is 4.19. The minimum absolute atomic E-state index is 0.0705. The minimum Gasteiger partial charge on any atom is -0.374 e. The number of likely N-dealkylation sites (N-methyl/N-ethyl adjacent to an activating group) is 1. The number of anilines is 1. The van der Waals surface area contributed by atoms with Gasteiger partial charge in [-0.05, 0) is 31.5 Å². The number of benzene rings is 1. The second-order valence-corrected chi connectivity index (χ2v) is 4.18. The molecule has 1 unspecified atom stereocenters. The number of nitrogens with two attached hydrogens (primary N) is 1. The topological polar surface area (TPSA) is 29.3 Å². The lowest BCUT2D eigenvalue weighted by Crippen LogP contribution is -2.15. The van der Waals surface area contributed by atoms with E-state index in [0.29, 0.717) is 12.5 Å². The van der Waals surface area contributed by atoms with Crippen molar-refractivity contribution in [1.82, 2.24) is 0 Å². The normalized spacial score (nSPS) is 19.4. The first-order valence-corrected chi connectivity index (χ1v) is 5.43. The summed E-state index contributed by atoms with van der Waals surface area (Å²) in [5.74, 6) is 0.244. The van der Waals surface area contributed by atoms with Gasteiger partial charge in [-0.15, -0.1) is 0 Å². The monoisotopic (exact) mass is 208 g/mol. The Morgan fingerprint density at radius 1 is 1.53 bits per heavy atom. The molecule has 0 saturated heterocycles. The minimum atomic E-state index is -0.0705. The second-order valence-electron chi connectivity index (χ2n) is 4.18. The highest BCUT2D eigenvalue weighted by atomic mass is 19.1. The molecule has 0 spiro atoms. The molecule has 1 aromatic rings. The van der Waals surface area contributed by atoms with Gasteiger partial charge in [0, 0.05) is 30.8 Å². The Balaban J connectivity index is 2.27. The molecular weight excluding hydrogens is 191 g/mol. The van der Waals surface area contributed by atoms with Gasteiger partial charge in [0.05, 0.1) is 0 Å². The van der Waals surface area contributed by atoms with E-state index >= 15 is 0 Å². The van der Waals surface area contributed by atoms with Gasteiger partial charge in [-0.3, -0.25) is 0 Å². The first-order valence-electron chi connectivity index (χ1n) is 5.43. The highest BCUT2D eigenvalue weighted by Crippen LogP contribution is 2.39. The Morgan fingerprint density at radius 2 is 2.33 bits per heavy atom. The number of rotatable bonds is 3. The number of halogens is 1. The standard InChI is InChI=1S/C12H17FN2/c1-15-8-9(4-3-7-14)12-10(13)5-2-6-11(12)15/h2,5-6,9H,3-4,7-8,14H2,1H3. The molecule has 82 valence electrons. The fourth-order valence-corrected chi connectivity index (χ4v) is 2.38. The summed E-state index contributed by atoms with van der Waals surface area (Å²) in [6, 6.07) is 5.31. The fraction of sp³-hybridized carbons (Fsp3) is 0.500. The van der Waals surface area contributed by atoms with E-state index in [1.54, 1.807) is 12.1 Å². The van der Waals surface area contributed by atoms with Crippen LogP contribution in [0, 0.1) is 5.82 Å². The quantitative estimate of drug-likeness (QED) is 0.824. The van der Waals surface area contributed by atoms with Crippen molar-refractivity contribution in [2.75, 3.05) is 25.0 Å². The molecule has 3 heteroatoms. The van der Waals surface area contributed by atoms with Crippen LogP contribution in [0.1, 0.15) is 24.3 Å². The molecule has 1 atom stereocenters. The molecule has 2 rings (SSSR count). The van der Waals surface area contributed by atoms with Crippen molar-refractivity contribution in [3.63, 3.8) is 0 Å². The highest BCUT2D eigenvalue weighted by Gasteiger charge is 2.28. The fourth-order valence-electron chi connectivity index (χ4n) is 2.38. The van der Waals surface area contributed by atoms with Crippen LogP contribution in [0.2, 0.25) is 0 Å². The largest absolute Gasteiger partial charge is 0.374 e. The van der Waals surface area contributed by atoms with Crippen LogP contribution in [-0.2, 0) is 0 Å². The van der Waals surface area contributed by atoms with Crippen LogP contribution in [0.3, 0.4) is 0 Å². The Hall–Kier alpha value is -1.09. The van der Waals surface area contributed by atoms with Gasteiger partial charge in [-0.25, -0.2) is 4.39 Å². The van der Waals surface area contributed by atoms with Crippen molar-refractivity contribution in [1.29, 1.82) is 0 Å². The average Bonchev–Trinajstić information content (AvgIpc) is 2.55. The number of nitrogens with zero attached hydrogens (tertiary/aromatic N) is 1. The summed E-state index contributed by atoms with van der Waals surface area (Å²) in [5.41, 5.74) is 7.41. The van der Waals surface area contributed by atoms with E-state index in [1.807, 2.05) is 13.1 Å². The zero-order chi connectivity index (χ0) is 10.8. The molecule has 0 bridgehead atoms. The third-order valence-electron chi connectivity index (χ3n) is 3.10. The van der Waals surface area contributed by atoms with Gasteiger partial charge in [-0.1, -0.05) is 6.07 Å². The van der Waals surface area contributed by atoms with Crippen LogP contribution >= 0.6 is 0 Å². The molecule has 0 radical (unpaired) electrons. The van der Waals surface area contributed by atoms with Gasteiger partial charge >= 0.3 is 0 Å². The van der Waals surface area contributed by atoms with E-state index in [2.05, 4.69) is 4.90 Å². The molecule has 0 fully saturated rings. The Morgan fingerprint density at radius 3 is 3.07 bits per heavy atom. The zero-order valence-electron chi connectivity index (χ0n) is 9.04. The van der Waals surface area contributed by atoms with Crippen LogP contribution in [0.25, 0.3) is 0 Å². The molecular formula is C12H17FN2. The van der Waals surface area contributed by atoms with Gasteiger partial charge in [0.15, 0.2) is 0 Å². The van der Waals surface area contributed by atoms with E-state index in [0.717, 1.165) is 30.6 Å². The highest BCUT2D eigenvalue weighted by molar-refractivity contribution is 5.60. The Labute approximate surface area is 89.9 Å². The molecule has 0 aromatic heterocycles. The van der Waals surface area contributed by atoms with Crippen LogP contribution < -0.4 is 10.6 Å². The van der Waals surface area contributed by atoms with Crippen molar-refractivity contribution in [3.05, 3.63) is 29.6 Å². The summed E-state index contributed by atoms with van der Waals surface area (Å²) in [7, 11) is 2.01. The van der Waals surface area contributed by atoms with Crippen molar-refractivity contribution in [2.45, 2.75) is 18.8 Å². The summed E-state index contributed by atoms with van der Waals surface area (Å²) < 4.78 is 13.7. The molecule has 1 heterocycles. The zero-order valence-corrected chi connectivity index (χ0v) is 9.04. The summed E-state index contributed by atoms with van der Waals surface area (Å²) in [4.78, 5) is 2.12. The van der Waals surface area contributed by atoms with Crippen molar-refractivity contribution < 1.29 is 4.39 Å². The Bertz CT molecular complexity index is 351. The maximum atomic E-state index is 13.7. The van der Waals surface area contributed by atoms with Crippen molar-refractivity contribution in [2.24, 2.45) is 5.73 Å². The predicted molar refractivity (Wildman–Crippen MR) is 60.7 cm³/mol. The van der Waals surface area contributed by atoms with E-state index in [4.69, 9.17) is 5.73 Å². The van der Waals surface area contributed by atoms with Crippen LogP contribution in [0.4, 0.5) is 10.1 Å². The summed E-state index contributed by atoms with van der Waals surface area (Å²) in [5, 5.41) is 0. The molecule has 2 nitrogen and oxygen atoms in total. The Kier molecular flexibility index (Phi) is 2.91. The number of hydrogen-bond acceptors (Lipinski definition) is 2. The predicted octanol–water partition coefficient (Wildman–Crippen LogP) is 2.10. The first kappa shape index (κ1) is 10.4. The number of hydrogen-bond donors (Lipinski definition) is 1. The van der Waals surface area contributed by atoms with Gasteiger partial charge in [0.25, 0.3) is 0 Å². The molecule has 1 aromatic carbocycles. The molecule has 1 aliphatic rings. The molecule has 15 heavy (non-hydrogen) atoms. The number of fused-ring (bicyclic) bond motifs is 1. The van der Waals surface area contributed by atoms with Gasteiger partial charge in [0.2, 0.25) is 0 Å². The lowest BCUT2D eigenvalue weighted by Gasteiger charge is -2.12. The van der Waals surface area contributed by atoms with E-state index < -0.39 is 0 Å². The summed E-state index contributed by atoms with van der Waals surface area (Å²) in [6.07, 6.45) is 1.95. The molecule has 0 aliphatic carbocycles. The SMILES string of the molecule is CN1CC(CCCN)c2c(F)cccc21. The summed E-state index contributed by atoms with van der Waals surface area (Å²) >= 11 is 0. The van der Waals surface area contributed by atoms with Gasteiger partial charge < -0.3 is 10.6 Å². The molecule has 2 N–H and O–H groups in total. The molecule has 0 saturated carbocycles. The van der Waals surface area contributed by atoms with E-state index in [-0.39, 0.29) is 5.82 Å². The maximum absolute atomic E-state index is 13.7. The van der Waals surface area contributed by atoms with Crippen LogP contribution in [0.15, 0.2) is 18.2 Å². The smallest absolute Gasteiger partial charge is 0.128 e. The van der Waals surface area contributed by atoms with E-state index in [9.17, 15) is 4.39 Å². The summed E-state index contributed by atoms with van der Waals surface area (Å²) in [6.45, 7) is 1.60. The lowest BCUT2D eigenvalue weighted by molar-refractivity contribution is 0.565. The first-order chi connectivity index (χ1) is 7.24. The van der Waals surface area contributed by atoms with Crippen molar-refractivity contribution in [3.8, 4) is 0 Å². The molecule has 1 aliphatic heterocycles. The van der Waals surface area contributed by atoms with E-state index in [1.165, 1.54) is 0 Å². The molecule has 0 amide bonds. The third kappa shape index (κ3) is 1.84. The van der Waals surface area contributed by atoms with Gasteiger partial charge in [0.1, 0.15) is 5.82 Å².